The maximum absolute atomic E-state index is 11.7. The van der Waals surface area contributed by atoms with Crippen LogP contribution in [0.25, 0.3) is 0 Å². The van der Waals surface area contributed by atoms with Gasteiger partial charge in [-0.1, -0.05) is 50.6 Å². The van der Waals surface area contributed by atoms with Crippen LogP contribution in [0.5, 0.6) is 0 Å². The molecule has 0 aromatic rings. The van der Waals surface area contributed by atoms with Gasteiger partial charge in [0.1, 0.15) is 13.2 Å². The Kier molecular flexibility index (Phi) is 8.95. The Labute approximate surface area is 131 Å². The molecule has 0 aliphatic rings. The zero-order chi connectivity index (χ0) is 17.1. The number of hydrogen-bond acceptors (Lipinski definition) is 4. The average molecular weight is 302 g/mol. The van der Waals surface area contributed by atoms with Crippen molar-refractivity contribution in [3.8, 4) is 0 Å². The molecule has 0 spiro atoms. The molecule has 22 heavy (non-hydrogen) atoms. The van der Waals surface area contributed by atoms with E-state index in [1.807, 2.05) is 0 Å². The number of hydrogen-bond donors (Lipinski definition) is 0. The number of carbonyl (C=O) groups excluding carboxylic acids is 2. The fourth-order valence-electron chi connectivity index (χ4n) is 1.50. The minimum absolute atomic E-state index is 0.0335. The summed E-state index contributed by atoms with van der Waals surface area (Å²) >= 11 is 0. The lowest BCUT2D eigenvalue weighted by Gasteiger charge is -2.08. The first-order valence-electron chi connectivity index (χ1n) is 6.68. The minimum Gasteiger partial charge on any atom is -0.459 e. The molecule has 0 aliphatic carbocycles. The molecule has 0 saturated heterocycles. The van der Waals surface area contributed by atoms with Crippen LogP contribution in [0, 0.1) is 0 Å². The van der Waals surface area contributed by atoms with E-state index < -0.39 is 11.9 Å². The largest absolute Gasteiger partial charge is 0.459 e. The fourth-order valence-corrected chi connectivity index (χ4v) is 1.50. The molecule has 0 aromatic heterocycles. The maximum Gasteiger partial charge on any atom is 0.334 e. The first-order chi connectivity index (χ1) is 10.4. The van der Waals surface area contributed by atoms with Gasteiger partial charge >= 0.3 is 11.9 Å². The summed E-state index contributed by atoms with van der Waals surface area (Å²) < 4.78 is 10.0. The lowest BCUT2D eigenvalue weighted by molar-refractivity contribution is -0.147. The Morgan fingerprint density at radius 1 is 0.727 bits per heavy atom. The molecule has 0 rings (SSSR count). The number of carbonyl (C=O) groups is 2. The van der Waals surface area contributed by atoms with E-state index in [1.54, 1.807) is 13.8 Å². The predicted octanol–water partition coefficient (Wildman–Crippen LogP) is 3.45. The van der Waals surface area contributed by atoms with Crippen LogP contribution in [0.1, 0.15) is 13.8 Å². The van der Waals surface area contributed by atoms with Gasteiger partial charge in [-0.3, -0.25) is 0 Å². The maximum atomic E-state index is 11.7. The lowest BCUT2D eigenvalue weighted by atomic mass is 10.1. The minimum atomic E-state index is -0.504. The van der Waals surface area contributed by atoms with Crippen LogP contribution in [0.2, 0.25) is 0 Å². The standard InChI is InChI=1S/C18H22O4/c1-7-15(8-2)13(5)17(19)21-11-12-22-18(20)14(6)16(9-3)10-4/h7-10H,1-4,11-12H2,5-6H3. The monoisotopic (exact) mass is 302 g/mol. The number of ether oxygens (including phenoxy) is 2. The Bertz CT molecular complexity index is 477. The van der Waals surface area contributed by atoms with E-state index in [-0.39, 0.29) is 13.2 Å². The van der Waals surface area contributed by atoms with Crippen LogP contribution in [0.15, 0.2) is 72.9 Å². The van der Waals surface area contributed by atoms with Crippen LogP contribution in [-0.2, 0) is 19.1 Å². The highest BCUT2D eigenvalue weighted by molar-refractivity contribution is 5.90. The normalized spacial score (nSPS) is 9.00. The number of esters is 2. The fraction of sp³-hybridized carbons (Fsp3) is 0.222. The second kappa shape index (κ2) is 10.2. The summed E-state index contributed by atoms with van der Waals surface area (Å²) in [5.74, 6) is -1.01. The van der Waals surface area contributed by atoms with E-state index in [1.165, 1.54) is 24.3 Å². The van der Waals surface area contributed by atoms with Crippen LogP contribution in [-0.4, -0.2) is 25.2 Å². The third kappa shape index (κ3) is 5.79. The molecular formula is C18H22O4. The van der Waals surface area contributed by atoms with Crippen molar-refractivity contribution in [2.45, 2.75) is 13.8 Å². The molecule has 0 radical (unpaired) electrons. The summed E-state index contributed by atoms with van der Waals surface area (Å²) in [6.45, 7) is 17.5. The highest BCUT2D eigenvalue weighted by Gasteiger charge is 2.11. The quantitative estimate of drug-likeness (QED) is 0.283. The molecule has 0 unspecified atom stereocenters. The third-order valence-electron chi connectivity index (χ3n) is 2.91. The Morgan fingerprint density at radius 3 is 1.23 bits per heavy atom. The average Bonchev–Trinajstić information content (AvgIpc) is 2.53. The van der Waals surface area contributed by atoms with Crippen molar-refractivity contribution in [3.63, 3.8) is 0 Å². The Morgan fingerprint density at radius 2 is 1.00 bits per heavy atom. The predicted molar refractivity (Wildman–Crippen MR) is 88.1 cm³/mol. The van der Waals surface area contributed by atoms with Gasteiger partial charge in [-0.25, -0.2) is 9.59 Å². The van der Waals surface area contributed by atoms with Gasteiger partial charge in [0.05, 0.1) is 0 Å². The van der Waals surface area contributed by atoms with Crippen LogP contribution in [0.4, 0.5) is 0 Å². The van der Waals surface area contributed by atoms with Crippen molar-refractivity contribution in [2.75, 3.05) is 13.2 Å². The number of allylic oxidation sites excluding steroid dienone is 6. The van der Waals surface area contributed by atoms with Crippen molar-refractivity contribution in [1.82, 2.24) is 0 Å². The SMILES string of the molecule is C=CC(C=C)=C(C)C(=O)OCCOC(=O)C(C)=C(C=C)C=C. The number of rotatable bonds is 9. The van der Waals surface area contributed by atoms with Crippen LogP contribution >= 0.6 is 0 Å². The topological polar surface area (TPSA) is 52.6 Å². The zero-order valence-corrected chi connectivity index (χ0v) is 13.2. The van der Waals surface area contributed by atoms with E-state index in [4.69, 9.17) is 9.47 Å². The Hall–Kier alpha value is -2.62. The van der Waals surface area contributed by atoms with Crippen molar-refractivity contribution in [3.05, 3.63) is 72.9 Å². The molecule has 0 amide bonds. The molecule has 0 aromatic carbocycles. The molecule has 0 bridgehead atoms. The van der Waals surface area contributed by atoms with E-state index in [9.17, 15) is 9.59 Å². The van der Waals surface area contributed by atoms with Crippen molar-refractivity contribution >= 4 is 11.9 Å². The molecule has 0 fully saturated rings. The van der Waals surface area contributed by atoms with Gasteiger partial charge in [-0.2, -0.15) is 0 Å². The van der Waals surface area contributed by atoms with E-state index in [2.05, 4.69) is 26.3 Å². The summed E-state index contributed by atoms with van der Waals surface area (Å²) in [5, 5.41) is 0. The first kappa shape index (κ1) is 19.4. The third-order valence-corrected chi connectivity index (χ3v) is 2.91. The van der Waals surface area contributed by atoms with Crippen LogP contribution in [0.3, 0.4) is 0 Å². The molecule has 0 saturated carbocycles. The summed E-state index contributed by atoms with van der Waals surface area (Å²) in [6.07, 6.45) is 6.07. The molecule has 0 heterocycles. The van der Waals surface area contributed by atoms with Crippen molar-refractivity contribution in [1.29, 1.82) is 0 Å². The van der Waals surface area contributed by atoms with Gasteiger partial charge < -0.3 is 9.47 Å². The lowest BCUT2D eigenvalue weighted by Crippen LogP contribution is -2.15. The van der Waals surface area contributed by atoms with Gasteiger partial charge in [0, 0.05) is 11.1 Å². The van der Waals surface area contributed by atoms with Crippen molar-refractivity contribution < 1.29 is 19.1 Å². The summed E-state index contributed by atoms with van der Waals surface area (Å²) in [6, 6.07) is 0. The second-order valence-corrected chi connectivity index (χ2v) is 4.25. The first-order valence-corrected chi connectivity index (χ1v) is 6.68. The molecule has 4 heteroatoms. The molecule has 0 aliphatic heterocycles. The zero-order valence-electron chi connectivity index (χ0n) is 13.2. The summed E-state index contributed by atoms with van der Waals surface area (Å²) in [4.78, 5) is 23.5. The van der Waals surface area contributed by atoms with Gasteiger partial charge in [0.25, 0.3) is 0 Å². The van der Waals surface area contributed by atoms with Gasteiger partial charge in [-0.05, 0) is 25.0 Å². The van der Waals surface area contributed by atoms with E-state index in [0.29, 0.717) is 22.3 Å². The van der Waals surface area contributed by atoms with Gasteiger partial charge in [0.2, 0.25) is 0 Å². The Balaban J connectivity index is 4.46. The summed E-state index contributed by atoms with van der Waals surface area (Å²) in [7, 11) is 0. The molecule has 0 N–H and O–H groups in total. The second-order valence-electron chi connectivity index (χ2n) is 4.25. The highest BCUT2D eigenvalue weighted by atomic mass is 16.6. The van der Waals surface area contributed by atoms with Crippen molar-refractivity contribution in [2.24, 2.45) is 0 Å². The highest BCUT2D eigenvalue weighted by Crippen LogP contribution is 2.09. The summed E-state index contributed by atoms with van der Waals surface area (Å²) in [5.41, 5.74) is 1.99. The van der Waals surface area contributed by atoms with E-state index in [0.717, 1.165) is 0 Å². The van der Waals surface area contributed by atoms with E-state index >= 15 is 0 Å². The van der Waals surface area contributed by atoms with Crippen LogP contribution < -0.4 is 0 Å². The van der Waals surface area contributed by atoms with Gasteiger partial charge in [0.15, 0.2) is 0 Å². The smallest absolute Gasteiger partial charge is 0.334 e. The van der Waals surface area contributed by atoms with Gasteiger partial charge in [-0.15, -0.1) is 0 Å². The molecule has 118 valence electrons. The molecular weight excluding hydrogens is 280 g/mol. The molecule has 4 nitrogen and oxygen atoms in total. The molecule has 0 atom stereocenters.